The number of carboxylic acid groups (broad SMARTS) is 1. The van der Waals surface area contributed by atoms with Crippen molar-refractivity contribution in [2.75, 3.05) is 13.2 Å². The summed E-state index contributed by atoms with van der Waals surface area (Å²) in [6.45, 7) is 3.86. The zero-order valence-corrected chi connectivity index (χ0v) is 23.4. The SMILES string of the molecule is CCCC1=C([C@H](O)CC/C(=C/c2ccc(O)c(F)c2)CC)[C@H](CO)[C@@H]2C(=O)N(CCCCCC(=O)O)C(=O)[C@@H]2C1. The smallest absolute Gasteiger partial charge is 0.303 e. The number of likely N-dealkylation sites (tertiary alicyclic amines) is 1. The van der Waals surface area contributed by atoms with E-state index in [1.54, 1.807) is 6.07 Å². The van der Waals surface area contributed by atoms with Gasteiger partial charge in [-0.25, -0.2) is 4.39 Å². The van der Waals surface area contributed by atoms with Crippen molar-refractivity contribution in [2.45, 2.75) is 84.2 Å². The third-order valence-corrected chi connectivity index (χ3v) is 8.19. The van der Waals surface area contributed by atoms with Crippen LogP contribution in [0.3, 0.4) is 0 Å². The van der Waals surface area contributed by atoms with Gasteiger partial charge in [-0.1, -0.05) is 50.0 Å². The van der Waals surface area contributed by atoms with Gasteiger partial charge >= 0.3 is 5.97 Å². The molecule has 3 rings (SSSR count). The number of phenolic OH excluding ortho intramolecular Hbond substituents is 1. The first-order valence-corrected chi connectivity index (χ1v) is 14.4. The minimum atomic E-state index is -0.904. The number of aliphatic hydroxyl groups is 2. The van der Waals surface area contributed by atoms with Gasteiger partial charge in [0.05, 0.1) is 24.5 Å². The highest BCUT2D eigenvalue weighted by Crippen LogP contribution is 2.47. The number of fused-ring (bicyclic) bond motifs is 1. The number of amides is 2. The van der Waals surface area contributed by atoms with Crippen molar-refractivity contribution in [2.24, 2.45) is 17.8 Å². The molecule has 1 aromatic rings. The van der Waals surface area contributed by atoms with Crippen LogP contribution in [0, 0.1) is 23.6 Å². The normalized spacial score (nSPS) is 22.2. The maximum Gasteiger partial charge on any atom is 0.303 e. The number of aliphatic hydroxyl groups excluding tert-OH is 2. The van der Waals surface area contributed by atoms with Gasteiger partial charge < -0.3 is 20.4 Å². The van der Waals surface area contributed by atoms with Crippen molar-refractivity contribution >= 4 is 23.9 Å². The first-order chi connectivity index (χ1) is 19.1. The standard InChI is InChI=1S/C31H42FNO7/c1-3-8-21-17-22-29(31(40)33(30(22)39)14-7-5-6-9-27(37)38)23(18-34)28(21)26(36)13-10-19(4-2)15-20-11-12-25(35)24(32)16-20/h11-12,15-16,22-23,26,29,34-36H,3-10,13-14,17-18H2,1-2H3,(H,37,38)/b19-15+/t22-,23+,26-,29-/m1/s1. The van der Waals surface area contributed by atoms with E-state index in [9.17, 15) is 34.1 Å². The summed E-state index contributed by atoms with van der Waals surface area (Å²) in [5.74, 6) is -4.48. The van der Waals surface area contributed by atoms with Crippen molar-refractivity contribution < 1.29 is 39.2 Å². The van der Waals surface area contributed by atoms with E-state index in [0.29, 0.717) is 62.5 Å². The highest BCUT2D eigenvalue weighted by molar-refractivity contribution is 6.05. The maximum atomic E-state index is 13.8. The fourth-order valence-electron chi connectivity index (χ4n) is 6.18. The minimum Gasteiger partial charge on any atom is -0.505 e. The van der Waals surface area contributed by atoms with E-state index in [4.69, 9.17) is 5.11 Å². The number of carboxylic acids is 1. The molecule has 9 heteroatoms. The monoisotopic (exact) mass is 559 g/mol. The average molecular weight is 560 g/mol. The Morgan fingerprint density at radius 2 is 1.90 bits per heavy atom. The molecule has 40 heavy (non-hydrogen) atoms. The van der Waals surface area contributed by atoms with E-state index in [1.165, 1.54) is 17.0 Å². The third-order valence-electron chi connectivity index (χ3n) is 8.19. The summed E-state index contributed by atoms with van der Waals surface area (Å²) in [5.41, 5.74) is 3.19. The second-order valence-corrected chi connectivity index (χ2v) is 10.9. The van der Waals surface area contributed by atoms with Gasteiger partial charge in [-0.15, -0.1) is 0 Å². The maximum absolute atomic E-state index is 13.8. The van der Waals surface area contributed by atoms with E-state index in [0.717, 1.165) is 17.6 Å². The first-order valence-electron chi connectivity index (χ1n) is 14.4. The molecule has 1 fully saturated rings. The lowest BCUT2D eigenvalue weighted by Gasteiger charge is -2.36. The second-order valence-electron chi connectivity index (χ2n) is 10.9. The van der Waals surface area contributed by atoms with Crippen LogP contribution in [0.1, 0.15) is 83.6 Å². The predicted molar refractivity (Wildman–Crippen MR) is 149 cm³/mol. The number of aliphatic carboxylic acids is 1. The zero-order valence-electron chi connectivity index (χ0n) is 23.4. The molecule has 1 heterocycles. The molecule has 1 aromatic carbocycles. The summed E-state index contributed by atoms with van der Waals surface area (Å²) in [4.78, 5) is 38.7. The number of hydrogen-bond donors (Lipinski definition) is 4. The Kier molecular flexibility index (Phi) is 11.5. The summed E-state index contributed by atoms with van der Waals surface area (Å²) in [5, 5.41) is 40.1. The van der Waals surface area contributed by atoms with E-state index in [2.05, 4.69) is 0 Å². The molecule has 8 nitrogen and oxygen atoms in total. The largest absolute Gasteiger partial charge is 0.505 e. The quantitative estimate of drug-likeness (QED) is 0.137. The summed E-state index contributed by atoms with van der Waals surface area (Å²) in [7, 11) is 0. The van der Waals surface area contributed by atoms with Crippen LogP contribution >= 0.6 is 0 Å². The Morgan fingerprint density at radius 3 is 2.52 bits per heavy atom. The van der Waals surface area contributed by atoms with Gasteiger partial charge in [-0.2, -0.15) is 0 Å². The van der Waals surface area contributed by atoms with Crippen LogP contribution in [0.15, 0.2) is 34.9 Å². The summed E-state index contributed by atoms with van der Waals surface area (Å²) < 4.78 is 13.8. The van der Waals surface area contributed by atoms with Gasteiger partial charge in [0.1, 0.15) is 0 Å². The van der Waals surface area contributed by atoms with Crippen LogP contribution in [0.25, 0.3) is 6.08 Å². The van der Waals surface area contributed by atoms with Gasteiger partial charge in [-0.3, -0.25) is 19.3 Å². The first kappa shape index (κ1) is 31.5. The molecular formula is C31H42FNO7. The minimum absolute atomic E-state index is 0.0477. The molecule has 0 bridgehead atoms. The molecule has 1 aliphatic heterocycles. The Bertz CT molecular complexity index is 1140. The van der Waals surface area contributed by atoms with Gasteiger partial charge in [-0.05, 0) is 68.2 Å². The molecule has 0 spiro atoms. The lowest BCUT2D eigenvalue weighted by molar-refractivity contribution is -0.141. The van der Waals surface area contributed by atoms with E-state index in [1.807, 2.05) is 19.9 Å². The highest BCUT2D eigenvalue weighted by Gasteiger charge is 2.54. The Hall–Kier alpha value is -3.04. The molecule has 2 amide bonds. The molecule has 220 valence electrons. The third kappa shape index (κ3) is 7.37. The number of imide groups is 1. The van der Waals surface area contributed by atoms with Crippen molar-refractivity contribution in [3.63, 3.8) is 0 Å². The molecule has 0 unspecified atom stereocenters. The van der Waals surface area contributed by atoms with Crippen LogP contribution in [0.4, 0.5) is 4.39 Å². The van der Waals surface area contributed by atoms with E-state index >= 15 is 0 Å². The van der Waals surface area contributed by atoms with Crippen molar-refractivity contribution in [3.05, 3.63) is 46.3 Å². The van der Waals surface area contributed by atoms with Gasteiger partial charge in [0.25, 0.3) is 0 Å². The number of halogens is 1. The number of allylic oxidation sites excluding steroid dienone is 2. The zero-order chi connectivity index (χ0) is 29.4. The molecule has 4 atom stereocenters. The van der Waals surface area contributed by atoms with E-state index < -0.39 is 41.4 Å². The van der Waals surface area contributed by atoms with E-state index in [-0.39, 0.29) is 31.4 Å². The number of benzene rings is 1. The number of phenols is 1. The molecule has 1 saturated heterocycles. The van der Waals surface area contributed by atoms with Crippen LogP contribution in [-0.4, -0.2) is 62.4 Å². The fourth-order valence-corrected chi connectivity index (χ4v) is 6.18. The number of nitrogens with zero attached hydrogens (tertiary/aromatic N) is 1. The van der Waals surface area contributed by atoms with Gasteiger partial charge in [0.15, 0.2) is 11.6 Å². The number of unbranched alkanes of at least 4 members (excludes halogenated alkanes) is 2. The average Bonchev–Trinajstić information content (AvgIpc) is 3.16. The number of carbonyl (C=O) groups excluding carboxylic acids is 2. The topological polar surface area (TPSA) is 135 Å². The Balaban J connectivity index is 1.76. The number of hydrogen-bond acceptors (Lipinski definition) is 6. The van der Waals surface area contributed by atoms with Crippen molar-refractivity contribution in [3.8, 4) is 5.75 Å². The summed E-state index contributed by atoms with van der Waals surface area (Å²) in [6.07, 6.45) is 5.96. The Labute approximate surface area is 235 Å². The number of rotatable bonds is 15. The molecule has 0 aromatic heterocycles. The number of aromatic hydroxyl groups is 1. The van der Waals surface area contributed by atoms with Crippen LogP contribution in [0.5, 0.6) is 5.75 Å². The molecule has 0 radical (unpaired) electrons. The summed E-state index contributed by atoms with van der Waals surface area (Å²) >= 11 is 0. The van der Waals surface area contributed by atoms with Crippen LogP contribution in [-0.2, 0) is 14.4 Å². The van der Waals surface area contributed by atoms with Gasteiger partial charge in [0, 0.05) is 18.9 Å². The highest BCUT2D eigenvalue weighted by atomic mass is 19.1. The van der Waals surface area contributed by atoms with Crippen molar-refractivity contribution in [1.82, 2.24) is 4.90 Å². The molecule has 0 saturated carbocycles. The van der Waals surface area contributed by atoms with Crippen molar-refractivity contribution in [1.29, 1.82) is 0 Å². The Morgan fingerprint density at radius 1 is 1.15 bits per heavy atom. The van der Waals surface area contributed by atoms with Gasteiger partial charge in [0.2, 0.25) is 11.8 Å². The molecular weight excluding hydrogens is 517 g/mol. The van der Waals surface area contributed by atoms with Crippen LogP contribution < -0.4 is 0 Å². The molecule has 4 N–H and O–H groups in total. The lowest BCUT2D eigenvalue weighted by atomic mass is 9.67. The second kappa shape index (κ2) is 14.6. The van der Waals surface area contributed by atoms with Crippen LogP contribution in [0.2, 0.25) is 0 Å². The fraction of sp³-hybridized carbons (Fsp3) is 0.581. The lowest BCUT2D eigenvalue weighted by Crippen LogP contribution is -2.39. The molecule has 1 aliphatic carbocycles. The predicted octanol–water partition coefficient (Wildman–Crippen LogP) is 4.82. The molecule has 2 aliphatic rings. The summed E-state index contributed by atoms with van der Waals surface area (Å²) in [6, 6.07) is 4.18. The number of carbonyl (C=O) groups is 3.